The van der Waals surface area contributed by atoms with E-state index >= 15 is 0 Å². The van der Waals surface area contributed by atoms with Gasteiger partial charge in [0.25, 0.3) is 0 Å². The van der Waals surface area contributed by atoms with Crippen LogP contribution in [0.5, 0.6) is 0 Å². The Labute approximate surface area is 379 Å². The number of aliphatic hydroxyl groups is 7. The number of phosphoric ester groups is 1. The summed E-state index contributed by atoms with van der Waals surface area (Å²) in [6, 6.07) is 0. The van der Waals surface area contributed by atoms with E-state index in [1.807, 2.05) is 6.92 Å². The maximum Gasteiger partial charge on any atom is 0.472 e. The Balaban J connectivity index is 2.17. The fourth-order valence-corrected chi connectivity index (χ4v) is 8.33. The van der Waals surface area contributed by atoms with Crippen LogP contribution in [0.25, 0.3) is 0 Å². The Morgan fingerprint density at radius 2 is 1.52 bits per heavy atom. The van der Waals surface area contributed by atoms with Gasteiger partial charge in [-0.05, 0) is 64.2 Å². The van der Waals surface area contributed by atoms with Gasteiger partial charge in [0.15, 0.2) is 6.10 Å². The molecule has 0 spiro atoms. The summed E-state index contributed by atoms with van der Waals surface area (Å²) in [6.45, 7) is 2.66. The fourth-order valence-electron chi connectivity index (χ4n) is 7.36. The summed E-state index contributed by atoms with van der Waals surface area (Å²) < 4.78 is 34.5. The van der Waals surface area contributed by atoms with Gasteiger partial charge in [-0.2, -0.15) is 0 Å². The standard InChI is InChI=1S/C47H77O16P/c1-3-5-7-8-9-10-11-12-13-14-15-16-17-18-23-27-40(51)60-32-35-33-61-64(58,59)63-47-45(56)43(54)37(30-29-34(48)25-21-6-4-2)39(50)31-38(49)36(42(53)44(55)46(47)57)26-22-19-20-24-28-41(52)62-35/h5,7,9-10,12-13,19,22,29-30,34-37,39,42-48,50,53-57H,3-4,6,8,11,14-18,20-21,23-28,31-33H2,1-2H3,(H,58,59)/b7-5-,10-9-,13-12-,22-19-,30-29+/t34-,35+,36-,37-,39+,42+,43+,44-,45+,46+,47+/m0/s1. The highest BCUT2D eigenvalue weighted by Gasteiger charge is 2.49. The number of ether oxygens (including phenoxy) is 2. The third-order valence-corrected chi connectivity index (χ3v) is 12.2. The molecule has 12 atom stereocenters. The molecular formula is C47H77O16P. The number of Topliss-reactive ketones (excluding diaryl/α,β-unsaturated/α-hetero) is 1. The second-order valence-corrected chi connectivity index (χ2v) is 18.1. The van der Waals surface area contributed by atoms with Crippen molar-refractivity contribution >= 4 is 25.5 Å². The molecule has 16 nitrogen and oxygen atoms in total. The largest absolute Gasteiger partial charge is 0.472 e. The Hall–Kier alpha value is -2.86. The van der Waals surface area contributed by atoms with Gasteiger partial charge in [-0.25, -0.2) is 4.57 Å². The van der Waals surface area contributed by atoms with E-state index in [9.17, 15) is 59.6 Å². The second kappa shape index (κ2) is 32.8. The number of aliphatic hydroxyl groups excluding tert-OH is 7. The molecule has 0 saturated heterocycles. The van der Waals surface area contributed by atoms with Crippen LogP contribution in [0.1, 0.15) is 136 Å². The number of phosphoric acid groups is 1. The minimum absolute atomic E-state index is 0.0816. The molecule has 1 fully saturated rings. The van der Waals surface area contributed by atoms with Crippen LogP contribution in [0.4, 0.5) is 0 Å². The van der Waals surface area contributed by atoms with Gasteiger partial charge >= 0.3 is 19.8 Å². The Kier molecular flexibility index (Phi) is 29.3. The number of carbonyl (C=O) groups is 3. The van der Waals surface area contributed by atoms with Crippen LogP contribution < -0.4 is 0 Å². The van der Waals surface area contributed by atoms with Gasteiger partial charge in [0.05, 0.1) is 31.0 Å². The average Bonchev–Trinajstić information content (AvgIpc) is 3.26. The number of hydrogen-bond donors (Lipinski definition) is 8. The van der Waals surface area contributed by atoms with Crippen molar-refractivity contribution in [2.75, 3.05) is 13.2 Å². The van der Waals surface area contributed by atoms with E-state index in [0.29, 0.717) is 25.7 Å². The molecule has 0 aromatic carbocycles. The highest BCUT2D eigenvalue weighted by Crippen LogP contribution is 2.47. The van der Waals surface area contributed by atoms with Crippen LogP contribution in [0.15, 0.2) is 60.8 Å². The summed E-state index contributed by atoms with van der Waals surface area (Å²) >= 11 is 0. The maximum absolute atomic E-state index is 13.6. The smallest absolute Gasteiger partial charge is 0.462 e. The zero-order valence-electron chi connectivity index (χ0n) is 37.8. The second-order valence-electron chi connectivity index (χ2n) is 16.7. The average molecular weight is 929 g/mol. The van der Waals surface area contributed by atoms with E-state index in [4.69, 9.17) is 18.5 Å². The highest BCUT2D eigenvalue weighted by atomic mass is 31.2. The summed E-state index contributed by atoms with van der Waals surface area (Å²) in [7, 11) is -5.46. The first-order valence-electron chi connectivity index (χ1n) is 23.2. The van der Waals surface area contributed by atoms with Gasteiger partial charge in [-0.1, -0.05) is 113 Å². The Bertz CT molecular complexity index is 1530. The number of fused-ring (bicyclic) bond motifs is 4. The SMILES string of the molecule is CC/C=C\C/C=C\C/C=C\CCCCCCCC(=O)OC[C@@H]1COP(=O)(O)O[C@H]2[C@H](O)[C@@H](O)[C@H](O)[C@@H](C/C=C\CCCC(=O)O1)C(=O)C[C@@H](O)[C@H](/C=C/[C@@H](O)CCCCC)[C@@H](O)[C@H]2O. The minimum atomic E-state index is -5.46. The molecule has 17 heteroatoms. The number of unbranched alkanes of at least 4 members (excludes halogenated alkanes) is 7. The third-order valence-electron chi connectivity index (χ3n) is 11.2. The number of carbonyl (C=O) groups excluding carboxylic acids is 3. The molecule has 0 aromatic rings. The molecule has 2 bridgehead atoms. The maximum atomic E-state index is 13.6. The number of allylic oxidation sites excluding steroid dienone is 8. The van der Waals surface area contributed by atoms with E-state index in [2.05, 4.69) is 43.4 Å². The normalized spacial score (nSPS) is 31.9. The van der Waals surface area contributed by atoms with E-state index in [1.165, 1.54) is 18.2 Å². The quantitative estimate of drug-likeness (QED) is 0.0304. The monoisotopic (exact) mass is 928 g/mol. The molecular weight excluding hydrogens is 851 g/mol. The van der Waals surface area contributed by atoms with Crippen LogP contribution in [0.3, 0.4) is 0 Å². The van der Waals surface area contributed by atoms with Crippen LogP contribution >= 0.6 is 7.82 Å². The first-order chi connectivity index (χ1) is 30.6. The third kappa shape index (κ3) is 23.0. The summed E-state index contributed by atoms with van der Waals surface area (Å²) in [5, 5.41) is 78.3. The van der Waals surface area contributed by atoms with Crippen LogP contribution in [-0.4, -0.2) is 127 Å². The van der Waals surface area contributed by atoms with Crippen molar-refractivity contribution in [3.05, 3.63) is 60.8 Å². The van der Waals surface area contributed by atoms with Crippen molar-refractivity contribution in [3.8, 4) is 0 Å². The highest BCUT2D eigenvalue weighted by molar-refractivity contribution is 7.47. The lowest BCUT2D eigenvalue weighted by Crippen LogP contribution is -2.55. The molecule has 1 aliphatic heterocycles. The van der Waals surface area contributed by atoms with Gasteiger partial charge in [0.2, 0.25) is 0 Å². The molecule has 1 saturated carbocycles. The predicted octanol–water partition coefficient (Wildman–Crippen LogP) is 5.53. The van der Waals surface area contributed by atoms with Crippen LogP contribution in [0, 0.1) is 11.8 Å². The van der Waals surface area contributed by atoms with Crippen molar-refractivity contribution < 1.29 is 78.1 Å². The molecule has 0 amide bonds. The molecule has 0 aromatic heterocycles. The Morgan fingerprint density at radius 1 is 0.844 bits per heavy atom. The van der Waals surface area contributed by atoms with Crippen molar-refractivity contribution in [2.45, 2.75) is 191 Å². The van der Waals surface area contributed by atoms with Crippen molar-refractivity contribution in [2.24, 2.45) is 11.8 Å². The number of ketones is 1. The molecule has 2 rings (SSSR count). The van der Waals surface area contributed by atoms with Gasteiger partial charge in [-0.3, -0.25) is 23.4 Å². The molecule has 64 heavy (non-hydrogen) atoms. The van der Waals surface area contributed by atoms with Crippen molar-refractivity contribution in [1.29, 1.82) is 0 Å². The van der Waals surface area contributed by atoms with Gasteiger partial charge < -0.3 is 50.1 Å². The fraction of sp³-hybridized carbons (Fsp3) is 0.723. The first kappa shape index (κ1) is 57.3. The molecule has 366 valence electrons. The van der Waals surface area contributed by atoms with Gasteiger partial charge in [0.1, 0.15) is 36.8 Å². The molecule has 1 heterocycles. The van der Waals surface area contributed by atoms with Crippen LogP contribution in [-0.2, 0) is 37.5 Å². The number of hydrogen-bond acceptors (Lipinski definition) is 15. The molecule has 2 aliphatic rings. The number of rotatable bonds is 21. The number of cyclic esters (lactones) is 1. The predicted molar refractivity (Wildman–Crippen MR) is 240 cm³/mol. The van der Waals surface area contributed by atoms with E-state index in [1.54, 1.807) is 6.08 Å². The zero-order chi connectivity index (χ0) is 47.3. The van der Waals surface area contributed by atoms with Crippen molar-refractivity contribution in [1.82, 2.24) is 0 Å². The molecule has 8 N–H and O–H groups in total. The minimum Gasteiger partial charge on any atom is -0.462 e. The lowest BCUT2D eigenvalue weighted by atomic mass is 9.84. The number of esters is 2. The molecule has 0 radical (unpaired) electrons. The Morgan fingerprint density at radius 3 is 2.23 bits per heavy atom. The summed E-state index contributed by atoms with van der Waals surface area (Å²) in [5.41, 5.74) is 0. The van der Waals surface area contributed by atoms with Crippen molar-refractivity contribution in [3.63, 3.8) is 0 Å². The first-order valence-corrected chi connectivity index (χ1v) is 24.7. The lowest BCUT2D eigenvalue weighted by Gasteiger charge is -2.36. The van der Waals surface area contributed by atoms with E-state index < -0.39 is 112 Å². The molecule has 1 unspecified atom stereocenters. The summed E-state index contributed by atoms with van der Waals surface area (Å²) in [5.74, 6) is -5.09. The van der Waals surface area contributed by atoms with Gasteiger partial charge in [-0.15, -0.1) is 0 Å². The zero-order valence-corrected chi connectivity index (χ0v) is 38.7. The lowest BCUT2D eigenvalue weighted by molar-refractivity contribution is -0.166. The molecule has 1 aliphatic carbocycles. The van der Waals surface area contributed by atoms with Gasteiger partial charge in [0, 0.05) is 31.1 Å². The summed E-state index contributed by atoms with van der Waals surface area (Å²) in [6.07, 6.45) is 11.1. The van der Waals surface area contributed by atoms with E-state index in [0.717, 1.165) is 64.2 Å². The van der Waals surface area contributed by atoms with Crippen LogP contribution in [0.2, 0.25) is 0 Å². The summed E-state index contributed by atoms with van der Waals surface area (Å²) in [4.78, 5) is 49.9. The van der Waals surface area contributed by atoms with E-state index in [-0.39, 0.29) is 25.7 Å². The topological polar surface area (TPSA) is 267 Å².